The number of anilines is 1. The summed E-state index contributed by atoms with van der Waals surface area (Å²) < 4.78 is 13.6. The molecule has 0 bridgehead atoms. The van der Waals surface area contributed by atoms with Gasteiger partial charge in [0.2, 0.25) is 5.91 Å². The fourth-order valence-electron chi connectivity index (χ4n) is 5.92. The number of ether oxygens (including phenoxy) is 2. The molecule has 1 aromatic carbocycles. The molecule has 2 aromatic rings. The van der Waals surface area contributed by atoms with Crippen molar-refractivity contribution in [2.75, 3.05) is 37.9 Å². The van der Waals surface area contributed by atoms with E-state index in [2.05, 4.69) is 42.5 Å². The molecule has 3 aliphatic rings. The fourth-order valence-corrected chi connectivity index (χ4v) is 6.67. The maximum absolute atomic E-state index is 13.4. The number of aromatic nitrogens is 1. The average molecular weight is 555 g/mol. The van der Waals surface area contributed by atoms with E-state index in [1.54, 1.807) is 9.80 Å². The lowest BCUT2D eigenvalue weighted by atomic mass is 9.60. The number of nitrogens with zero attached hydrogens (tertiary/aromatic N) is 4. The number of urea groups is 1. The van der Waals surface area contributed by atoms with Crippen molar-refractivity contribution in [1.29, 1.82) is 0 Å². The minimum atomic E-state index is -1.25. The second-order valence-corrected chi connectivity index (χ2v) is 19.3. The Hall–Kier alpha value is -2.85. The molecule has 5 rings (SSSR count). The fraction of sp³-hybridized carbons (Fsp3) is 0.621. The highest BCUT2D eigenvalue weighted by molar-refractivity contribution is 6.76. The Balaban J connectivity index is 1.24. The van der Waals surface area contributed by atoms with Gasteiger partial charge in [-0.1, -0.05) is 25.7 Å². The number of rotatable bonds is 7. The summed E-state index contributed by atoms with van der Waals surface area (Å²) in [5.74, 6) is -0.185. The van der Waals surface area contributed by atoms with Crippen LogP contribution in [0, 0.1) is 5.41 Å². The summed E-state index contributed by atoms with van der Waals surface area (Å²) in [7, 11) is -1.25. The van der Waals surface area contributed by atoms with Gasteiger partial charge in [-0.25, -0.2) is 14.5 Å². The number of hydrogen-bond donors (Lipinski definition) is 0. The summed E-state index contributed by atoms with van der Waals surface area (Å²) in [6.07, 6.45) is 4.18. The van der Waals surface area contributed by atoms with Crippen LogP contribution in [-0.4, -0.2) is 79.0 Å². The van der Waals surface area contributed by atoms with Gasteiger partial charge in [-0.15, -0.1) is 0 Å². The molecular weight excluding hydrogens is 512 g/mol. The molecule has 0 radical (unpaired) electrons. The predicted octanol–water partition coefficient (Wildman–Crippen LogP) is 5.68. The highest BCUT2D eigenvalue weighted by Crippen LogP contribution is 2.55. The van der Waals surface area contributed by atoms with E-state index in [-0.39, 0.29) is 36.6 Å². The van der Waals surface area contributed by atoms with Crippen molar-refractivity contribution in [2.45, 2.75) is 77.4 Å². The Labute approximate surface area is 232 Å². The van der Waals surface area contributed by atoms with Gasteiger partial charge < -0.3 is 18.9 Å². The van der Waals surface area contributed by atoms with Crippen LogP contribution in [0.2, 0.25) is 25.7 Å². The average Bonchev–Trinajstić information content (AvgIpc) is 3.19. The molecule has 3 fully saturated rings. The summed E-state index contributed by atoms with van der Waals surface area (Å²) in [5, 5.41) is 1.00. The number of benzene rings is 1. The molecule has 1 saturated carbocycles. The molecule has 0 atom stereocenters. The molecule has 10 heteroatoms. The van der Waals surface area contributed by atoms with E-state index >= 15 is 0 Å². The van der Waals surface area contributed by atoms with Gasteiger partial charge in [0.25, 0.3) is 0 Å². The zero-order valence-corrected chi connectivity index (χ0v) is 25.2. The number of likely N-dealkylation sites (tertiary alicyclic amines) is 1. The number of carbonyl (C=O) groups excluding carboxylic acids is 3. The topological polar surface area (TPSA) is 84.3 Å². The first-order valence-electron chi connectivity index (χ1n) is 14.0. The van der Waals surface area contributed by atoms with Crippen molar-refractivity contribution in [3.05, 3.63) is 30.5 Å². The van der Waals surface area contributed by atoms with E-state index in [9.17, 15) is 14.4 Å². The van der Waals surface area contributed by atoms with Gasteiger partial charge in [-0.05, 0) is 57.9 Å². The van der Waals surface area contributed by atoms with Gasteiger partial charge in [0.15, 0.2) is 0 Å². The summed E-state index contributed by atoms with van der Waals surface area (Å²) in [6, 6.07) is 9.12. The third kappa shape index (κ3) is 5.72. The van der Waals surface area contributed by atoms with E-state index in [4.69, 9.17) is 9.47 Å². The van der Waals surface area contributed by atoms with Crippen molar-refractivity contribution in [3.63, 3.8) is 0 Å². The smallest absolute Gasteiger partial charge is 0.410 e. The van der Waals surface area contributed by atoms with Crippen LogP contribution in [0.3, 0.4) is 0 Å². The third-order valence-electron chi connectivity index (χ3n) is 7.99. The second-order valence-electron chi connectivity index (χ2n) is 13.7. The molecule has 0 N–H and O–H groups in total. The first-order chi connectivity index (χ1) is 18.3. The Bertz CT molecular complexity index is 1260. The van der Waals surface area contributed by atoms with Gasteiger partial charge in [0.05, 0.1) is 11.2 Å². The number of fused-ring (bicyclic) bond motifs is 1. The van der Waals surface area contributed by atoms with Gasteiger partial charge in [0, 0.05) is 63.8 Å². The lowest BCUT2D eigenvalue weighted by Gasteiger charge is -2.59. The van der Waals surface area contributed by atoms with Crippen LogP contribution in [0.15, 0.2) is 30.5 Å². The van der Waals surface area contributed by atoms with Crippen LogP contribution < -0.4 is 4.90 Å². The molecule has 2 aliphatic heterocycles. The third-order valence-corrected chi connectivity index (χ3v) is 9.70. The molecule has 0 unspecified atom stereocenters. The van der Waals surface area contributed by atoms with Gasteiger partial charge >= 0.3 is 12.1 Å². The monoisotopic (exact) mass is 554 g/mol. The predicted molar refractivity (Wildman–Crippen MR) is 154 cm³/mol. The summed E-state index contributed by atoms with van der Waals surface area (Å²) in [6.45, 7) is 14.9. The molecule has 1 aliphatic carbocycles. The van der Waals surface area contributed by atoms with Crippen LogP contribution in [0.25, 0.3) is 10.9 Å². The first-order valence-corrected chi connectivity index (χ1v) is 17.7. The minimum absolute atomic E-state index is 0.000104. The zero-order chi connectivity index (χ0) is 28.2. The Morgan fingerprint density at radius 1 is 1.10 bits per heavy atom. The maximum atomic E-state index is 13.4. The number of imide groups is 1. The van der Waals surface area contributed by atoms with E-state index in [1.807, 2.05) is 32.9 Å². The quantitative estimate of drug-likeness (QED) is 0.325. The van der Waals surface area contributed by atoms with Crippen molar-refractivity contribution < 1.29 is 23.9 Å². The first kappa shape index (κ1) is 27.7. The number of amides is 4. The number of hydrogen-bond acceptors (Lipinski definition) is 5. The maximum Gasteiger partial charge on any atom is 0.410 e. The van der Waals surface area contributed by atoms with Crippen LogP contribution in [0.1, 0.15) is 46.1 Å². The van der Waals surface area contributed by atoms with Gasteiger partial charge in [-0.2, -0.15) is 0 Å². The SMILES string of the molecule is CC(C)(C)OC(=O)N1CC2(CC(n3ccc4c(N5CCC(=O)N(COCC[Si](C)(C)C)C5=O)cccc43)C2)C1. The van der Waals surface area contributed by atoms with Crippen molar-refractivity contribution in [3.8, 4) is 0 Å². The molecule has 1 aromatic heterocycles. The second kappa shape index (κ2) is 9.96. The van der Waals surface area contributed by atoms with Crippen molar-refractivity contribution in [2.24, 2.45) is 5.41 Å². The summed E-state index contributed by atoms with van der Waals surface area (Å²) >= 11 is 0. The molecule has 4 amide bonds. The van der Waals surface area contributed by atoms with Crippen molar-refractivity contribution >= 4 is 42.7 Å². The highest BCUT2D eigenvalue weighted by atomic mass is 28.3. The Morgan fingerprint density at radius 2 is 1.82 bits per heavy atom. The van der Waals surface area contributed by atoms with E-state index in [0.29, 0.717) is 19.2 Å². The largest absolute Gasteiger partial charge is 0.444 e. The standard InChI is InChI=1S/C29H42N4O5Si/c1-28(2,3)38-27(36)30-18-29(19-30)16-21(17-29)31-12-10-22-23(31)8-7-9-24(22)32-13-11-25(34)33(26(32)35)20-37-14-15-39(4,5)6/h7-10,12,21H,11,13-20H2,1-6H3. The molecule has 9 nitrogen and oxygen atoms in total. The lowest BCUT2D eigenvalue weighted by molar-refractivity contribution is -0.133. The zero-order valence-electron chi connectivity index (χ0n) is 24.2. The summed E-state index contributed by atoms with van der Waals surface area (Å²) in [5.41, 5.74) is 1.60. The minimum Gasteiger partial charge on any atom is -0.444 e. The summed E-state index contributed by atoms with van der Waals surface area (Å²) in [4.78, 5) is 43.1. The van der Waals surface area contributed by atoms with Gasteiger partial charge in [-0.3, -0.25) is 9.69 Å². The van der Waals surface area contributed by atoms with Crippen molar-refractivity contribution in [1.82, 2.24) is 14.4 Å². The molecule has 1 spiro atoms. The molecule has 39 heavy (non-hydrogen) atoms. The van der Waals surface area contributed by atoms with Crippen LogP contribution in [-0.2, 0) is 14.3 Å². The highest BCUT2D eigenvalue weighted by Gasteiger charge is 2.55. The molecule has 2 saturated heterocycles. The Kier molecular flexibility index (Phi) is 7.07. The van der Waals surface area contributed by atoms with E-state index in [1.165, 1.54) is 4.90 Å². The van der Waals surface area contributed by atoms with E-state index < -0.39 is 13.7 Å². The van der Waals surface area contributed by atoms with E-state index in [0.717, 1.165) is 48.6 Å². The molecule has 3 heterocycles. The molecular formula is C29H42N4O5Si. The van der Waals surface area contributed by atoms with Gasteiger partial charge in [0.1, 0.15) is 12.3 Å². The Morgan fingerprint density at radius 3 is 2.49 bits per heavy atom. The van der Waals surface area contributed by atoms with Crippen LogP contribution in [0.4, 0.5) is 15.3 Å². The van der Waals surface area contributed by atoms with Crippen LogP contribution >= 0.6 is 0 Å². The van der Waals surface area contributed by atoms with Crippen LogP contribution in [0.5, 0.6) is 0 Å². The lowest BCUT2D eigenvalue weighted by Crippen LogP contribution is -2.64. The normalized spacial score (nSPS) is 20.0. The molecule has 212 valence electrons. The number of carbonyl (C=O) groups is 3.